The van der Waals surface area contributed by atoms with Crippen LogP contribution in [-0.2, 0) is 28.5 Å². The van der Waals surface area contributed by atoms with Crippen molar-refractivity contribution in [2.24, 2.45) is 11.5 Å². The summed E-state index contributed by atoms with van der Waals surface area (Å²) in [7, 11) is 0. The Morgan fingerprint density at radius 3 is 1.33 bits per heavy atom. The number of carbonyl (C=O) groups excluding carboxylic acids is 4. The van der Waals surface area contributed by atoms with Crippen LogP contribution < -0.4 is 11.5 Å². The highest BCUT2D eigenvalue weighted by molar-refractivity contribution is 6.03. The zero-order chi connectivity index (χ0) is 22.7. The van der Waals surface area contributed by atoms with Gasteiger partial charge >= 0.3 is 12.3 Å². The van der Waals surface area contributed by atoms with Crippen LogP contribution in [0.15, 0.2) is 34.8 Å². The highest BCUT2D eigenvalue weighted by Crippen LogP contribution is 2.32. The van der Waals surface area contributed by atoms with Crippen LogP contribution in [0.3, 0.4) is 0 Å². The Hall–Kier alpha value is -3.30. The van der Waals surface area contributed by atoms with Gasteiger partial charge in [-0.15, -0.1) is 0 Å². The van der Waals surface area contributed by atoms with Crippen LogP contribution in [0, 0.1) is 0 Å². The third-order valence-corrected chi connectivity index (χ3v) is 4.66. The van der Waals surface area contributed by atoms with E-state index in [9.17, 15) is 19.2 Å². The Bertz CT molecular complexity index is 794. The van der Waals surface area contributed by atoms with Gasteiger partial charge < -0.3 is 30.4 Å². The fourth-order valence-electron chi connectivity index (χ4n) is 3.10. The Kier molecular flexibility index (Phi) is 6.59. The van der Waals surface area contributed by atoms with Crippen molar-refractivity contribution in [2.45, 2.75) is 64.6 Å². The van der Waals surface area contributed by atoms with Gasteiger partial charge in [-0.1, -0.05) is 0 Å². The van der Waals surface area contributed by atoms with E-state index in [1.54, 1.807) is 39.8 Å². The maximum atomic E-state index is 11.9. The molecule has 0 aromatic carbocycles. The van der Waals surface area contributed by atoms with E-state index >= 15 is 0 Å². The van der Waals surface area contributed by atoms with Gasteiger partial charge in [0, 0.05) is 11.1 Å². The largest absolute Gasteiger partial charge is 0.514 e. The molecule has 0 aromatic heterocycles. The molecule has 164 valence electrons. The van der Waals surface area contributed by atoms with E-state index in [0.29, 0.717) is 11.5 Å². The summed E-state index contributed by atoms with van der Waals surface area (Å²) in [4.78, 5) is 46.5. The lowest BCUT2D eigenvalue weighted by Gasteiger charge is -2.15. The van der Waals surface area contributed by atoms with Gasteiger partial charge in [-0.05, 0) is 65.5 Å². The van der Waals surface area contributed by atoms with Crippen LogP contribution >= 0.6 is 0 Å². The predicted octanol–water partition coefficient (Wildman–Crippen LogP) is 2.47. The molecular weight excluding hydrogens is 396 g/mol. The maximum absolute atomic E-state index is 11.9. The van der Waals surface area contributed by atoms with E-state index in [-0.39, 0.29) is 36.8 Å². The first-order valence-corrected chi connectivity index (χ1v) is 9.38. The molecule has 0 saturated carbocycles. The first kappa shape index (κ1) is 23.0. The van der Waals surface area contributed by atoms with E-state index in [1.165, 1.54) is 0 Å². The number of ether oxygens (including phenoxy) is 4. The molecule has 2 rings (SSSR count). The standard InChI is InChI=1S/C20H26N2O8/c1-19(2)13(27-17(25)29-19)9-5-7-11(15(21)23)12(16(22)24)8-6-10-14-20(3,4)30-18(26)28-14/h9-10H,5-8H2,1-4H3,(H2,21,23)(H2,22,24)/b12-11+,13-9?,14-10?. The summed E-state index contributed by atoms with van der Waals surface area (Å²) in [5.74, 6) is -0.923. The zero-order valence-corrected chi connectivity index (χ0v) is 17.4. The topological polar surface area (TPSA) is 157 Å². The minimum atomic E-state index is -0.917. The second kappa shape index (κ2) is 8.60. The zero-order valence-electron chi connectivity index (χ0n) is 17.4. The number of hydrogen-bond acceptors (Lipinski definition) is 8. The third kappa shape index (κ3) is 5.40. The van der Waals surface area contributed by atoms with Crippen molar-refractivity contribution in [1.29, 1.82) is 0 Å². The number of allylic oxidation sites excluding steroid dienone is 2. The predicted molar refractivity (Wildman–Crippen MR) is 103 cm³/mol. The summed E-state index contributed by atoms with van der Waals surface area (Å²) in [6.45, 7) is 6.66. The minimum absolute atomic E-state index is 0.0831. The van der Waals surface area contributed by atoms with Crippen molar-refractivity contribution in [1.82, 2.24) is 0 Å². The van der Waals surface area contributed by atoms with Gasteiger partial charge in [-0.3, -0.25) is 9.59 Å². The van der Waals surface area contributed by atoms with Crippen molar-refractivity contribution in [3.63, 3.8) is 0 Å². The van der Waals surface area contributed by atoms with Crippen LogP contribution in [0.25, 0.3) is 0 Å². The molecule has 2 saturated heterocycles. The summed E-state index contributed by atoms with van der Waals surface area (Å²) >= 11 is 0. The number of carbonyl (C=O) groups is 4. The van der Waals surface area contributed by atoms with Crippen molar-refractivity contribution in [3.8, 4) is 0 Å². The lowest BCUT2D eigenvalue weighted by Crippen LogP contribution is -2.23. The van der Waals surface area contributed by atoms with Crippen molar-refractivity contribution >= 4 is 24.1 Å². The number of rotatable bonds is 8. The van der Waals surface area contributed by atoms with Gasteiger partial charge in [0.25, 0.3) is 0 Å². The van der Waals surface area contributed by atoms with Gasteiger partial charge in [0.2, 0.25) is 11.8 Å². The second-order valence-electron chi connectivity index (χ2n) is 7.83. The summed E-state index contributed by atoms with van der Waals surface area (Å²) in [5, 5.41) is 0. The van der Waals surface area contributed by atoms with Crippen LogP contribution in [0.4, 0.5) is 9.59 Å². The van der Waals surface area contributed by atoms with Gasteiger partial charge in [0.05, 0.1) is 0 Å². The molecule has 0 aromatic rings. The normalized spacial score (nSPS) is 22.8. The fraction of sp³-hybridized carbons (Fsp3) is 0.500. The van der Waals surface area contributed by atoms with Crippen LogP contribution in [0.1, 0.15) is 53.4 Å². The molecule has 4 N–H and O–H groups in total. The third-order valence-electron chi connectivity index (χ3n) is 4.66. The van der Waals surface area contributed by atoms with Gasteiger partial charge in [0.15, 0.2) is 22.7 Å². The Balaban J connectivity index is 2.14. The molecule has 10 nitrogen and oxygen atoms in total. The van der Waals surface area contributed by atoms with Crippen molar-refractivity contribution in [3.05, 3.63) is 34.8 Å². The highest BCUT2D eigenvalue weighted by atomic mass is 16.8. The number of cyclic esters (lactones) is 4. The molecule has 30 heavy (non-hydrogen) atoms. The van der Waals surface area contributed by atoms with E-state index in [2.05, 4.69) is 0 Å². The van der Waals surface area contributed by atoms with E-state index < -0.39 is 35.3 Å². The smallest absolute Gasteiger partial charge is 0.420 e. The van der Waals surface area contributed by atoms with E-state index in [0.717, 1.165) is 0 Å². The first-order chi connectivity index (χ1) is 13.8. The molecule has 2 heterocycles. The lowest BCUT2D eigenvalue weighted by atomic mass is 9.96. The van der Waals surface area contributed by atoms with Gasteiger partial charge in [-0.2, -0.15) is 0 Å². The number of primary amides is 2. The van der Waals surface area contributed by atoms with Crippen LogP contribution in [-0.4, -0.2) is 35.3 Å². The molecule has 0 spiro atoms. The van der Waals surface area contributed by atoms with Crippen LogP contribution in [0.2, 0.25) is 0 Å². The number of nitrogens with two attached hydrogens (primary N) is 2. The van der Waals surface area contributed by atoms with Crippen molar-refractivity contribution < 1.29 is 38.1 Å². The maximum Gasteiger partial charge on any atom is 0.514 e. The average Bonchev–Trinajstić information content (AvgIpc) is 3.00. The average molecular weight is 422 g/mol. The van der Waals surface area contributed by atoms with Crippen LogP contribution in [0.5, 0.6) is 0 Å². The molecule has 0 unspecified atom stereocenters. The van der Waals surface area contributed by atoms with Gasteiger partial charge in [0.1, 0.15) is 0 Å². The Morgan fingerprint density at radius 2 is 1.10 bits per heavy atom. The van der Waals surface area contributed by atoms with Crippen molar-refractivity contribution in [2.75, 3.05) is 0 Å². The minimum Gasteiger partial charge on any atom is -0.420 e. The monoisotopic (exact) mass is 422 g/mol. The molecule has 0 radical (unpaired) electrons. The molecule has 2 aliphatic heterocycles. The molecule has 0 aliphatic carbocycles. The lowest BCUT2D eigenvalue weighted by molar-refractivity contribution is -0.117. The molecule has 2 fully saturated rings. The molecule has 0 atom stereocenters. The molecule has 2 aliphatic rings. The second-order valence-corrected chi connectivity index (χ2v) is 7.83. The van der Waals surface area contributed by atoms with E-state index in [4.69, 9.17) is 30.4 Å². The summed E-state index contributed by atoms with van der Waals surface area (Å²) in [5.41, 5.74) is 9.25. The SMILES string of the molecule is CC1(C)OC(=O)OC1=CCC/C(C(N)=O)=C(/CCC=C1OC(=O)OC1(C)C)C(N)=O. The Labute approximate surface area is 173 Å². The molecule has 2 amide bonds. The highest BCUT2D eigenvalue weighted by Gasteiger charge is 2.39. The molecule has 10 heteroatoms. The number of amides is 2. The summed E-state index contributed by atoms with van der Waals surface area (Å²) in [6, 6.07) is 0. The molecule has 0 bridgehead atoms. The quantitative estimate of drug-likeness (QED) is 0.446. The number of hydrogen-bond donors (Lipinski definition) is 2. The molecular formula is C20H26N2O8. The Morgan fingerprint density at radius 1 is 0.767 bits per heavy atom. The van der Waals surface area contributed by atoms with Gasteiger partial charge in [-0.25, -0.2) is 9.59 Å². The van der Waals surface area contributed by atoms with E-state index in [1.807, 2.05) is 0 Å². The summed E-state index contributed by atoms with van der Waals surface area (Å²) in [6.07, 6.45) is 2.37. The summed E-state index contributed by atoms with van der Waals surface area (Å²) < 4.78 is 20.0. The first-order valence-electron chi connectivity index (χ1n) is 9.38. The fourth-order valence-corrected chi connectivity index (χ4v) is 3.10.